The number of ether oxygens (including phenoxy) is 1. The first kappa shape index (κ1) is 9.87. The van der Waals surface area contributed by atoms with Crippen molar-refractivity contribution in [2.75, 3.05) is 19.8 Å². The molecule has 3 nitrogen and oxygen atoms in total. The maximum atomic E-state index is 5.48. The molecule has 0 radical (unpaired) electrons. The van der Waals surface area contributed by atoms with Gasteiger partial charge in [0, 0.05) is 17.8 Å². The predicted octanol–water partition coefficient (Wildman–Crippen LogP) is 2.14. The maximum absolute atomic E-state index is 5.48. The second kappa shape index (κ2) is 3.92. The fourth-order valence-corrected chi connectivity index (χ4v) is 2.29. The third-order valence-corrected chi connectivity index (χ3v) is 3.10. The zero-order chi connectivity index (χ0) is 11.0. The first-order valence-electron chi connectivity index (χ1n) is 5.73. The van der Waals surface area contributed by atoms with E-state index in [9.17, 15) is 0 Å². The van der Waals surface area contributed by atoms with Gasteiger partial charge in [-0.1, -0.05) is 6.07 Å². The molecule has 3 rings (SSSR count). The molecule has 2 heterocycles. The Morgan fingerprint density at radius 1 is 1.31 bits per heavy atom. The van der Waals surface area contributed by atoms with Gasteiger partial charge in [0.25, 0.3) is 0 Å². The highest BCUT2D eigenvalue weighted by Gasteiger charge is 2.15. The zero-order valence-corrected chi connectivity index (χ0v) is 9.42. The molecule has 0 spiro atoms. The molecule has 1 atom stereocenters. The van der Waals surface area contributed by atoms with Crippen LogP contribution in [0.25, 0.3) is 10.9 Å². The fraction of sp³-hybridized carbons (Fsp3) is 0.385. The van der Waals surface area contributed by atoms with Crippen molar-refractivity contribution in [2.45, 2.75) is 13.0 Å². The Morgan fingerprint density at radius 2 is 2.25 bits per heavy atom. The van der Waals surface area contributed by atoms with Gasteiger partial charge in [-0.25, -0.2) is 0 Å². The number of hydrogen-bond donors (Lipinski definition) is 2. The normalized spacial score (nSPS) is 21.4. The summed E-state index contributed by atoms with van der Waals surface area (Å²) >= 11 is 0. The van der Waals surface area contributed by atoms with Gasteiger partial charge < -0.3 is 15.0 Å². The molecule has 1 aliphatic rings. The van der Waals surface area contributed by atoms with Crippen LogP contribution in [0.4, 0.5) is 0 Å². The number of aromatic nitrogens is 1. The van der Waals surface area contributed by atoms with E-state index in [2.05, 4.69) is 41.5 Å². The van der Waals surface area contributed by atoms with E-state index in [-0.39, 0.29) is 0 Å². The highest BCUT2D eigenvalue weighted by atomic mass is 16.5. The van der Waals surface area contributed by atoms with E-state index in [0.29, 0.717) is 6.04 Å². The summed E-state index contributed by atoms with van der Waals surface area (Å²) in [7, 11) is 0. The second-order valence-electron chi connectivity index (χ2n) is 4.38. The molecule has 1 aliphatic heterocycles. The summed E-state index contributed by atoms with van der Waals surface area (Å²) in [4.78, 5) is 3.34. The highest BCUT2D eigenvalue weighted by Crippen LogP contribution is 2.22. The Bertz CT molecular complexity index is 498. The summed E-state index contributed by atoms with van der Waals surface area (Å²) in [6.07, 6.45) is 0. The predicted molar refractivity (Wildman–Crippen MR) is 64.6 cm³/mol. The third-order valence-electron chi connectivity index (χ3n) is 3.10. The number of H-pyrrole nitrogens is 1. The number of hydrogen-bond acceptors (Lipinski definition) is 2. The molecule has 84 valence electrons. The topological polar surface area (TPSA) is 37.0 Å². The lowest BCUT2D eigenvalue weighted by molar-refractivity contribution is 0.0769. The summed E-state index contributed by atoms with van der Waals surface area (Å²) in [6.45, 7) is 4.62. The fourth-order valence-electron chi connectivity index (χ4n) is 2.29. The Hall–Kier alpha value is -1.32. The van der Waals surface area contributed by atoms with Gasteiger partial charge in [0.15, 0.2) is 0 Å². The SMILES string of the molecule is Cc1cc2cc(C3COCCN3)ccc2[nH]1. The minimum Gasteiger partial charge on any atom is -0.378 e. The molecule has 0 amide bonds. The highest BCUT2D eigenvalue weighted by molar-refractivity contribution is 5.81. The van der Waals surface area contributed by atoms with Crippen LogP contribution in [0.3, 0.4) is 0 Å². The summed E-state index contributed by atoms with van der Waals surface area (Å²) in [5.74, 6) is 0. The summed E-state index contributed by atoms with van der Waals surface area (Å²) in [6, 6.07) is 9.08. The second-order valence-corrected chi connectivity index (χ2v) is 4.38. The van der Waals surface area contributed by atoms with Crippen LogP contribution in [0.5, 0.6) is 0 Å². The van der Waals surface area contributed by atoms with E-state index in [1.807, 2.05) is 0 Å². The van der Waals surface area contributed by atoms with Crippen LogP contribution in [0, 0.1) is 6.92 Å². The van der Waals surface area contributed by atoms with Crippen molar-refractivity contribution in [2.24, 2.45) is 0 Å². The molecule has 0 saturated carbocycles. The standard InChI is InChI=1S/C13H16N2O/c1-9-6-11-7-10(2-3-12(11)15-9)13-8-16-5-4-14-13/h2-3,6-7,13-15H,4-5,8H2,1H3. The number of nitrogens with one attached hydrogen (secondary N) is 2. The lowest BCUT2D eigenvalue weighted by atomic mass is 10.0. The van der Waals surface area contributed by atoms with Crippen LogP contribution in [-0.4, -0.2) is 24.7 Å². The van der Waals surface area contributed by atoms with Gasteiger partial charge in [-0.15, -0.1) is 0 Å². The van der Waals surface area contributed by atoms with Gasteiger partial charge >= 0.3 is 0 Å². The van der Waals surface area contributed by atoms with E-state index < -0.39 is 0 Å². The van der Waals surface area contributed by atoms with Crippen LogP contribution in [0.2, 0.25) is 0 Å². The molecule has 0 aliphatic carbocycles. The lowest BCUT2D eigenvalue weighted by Crippen LogP contribution is -2.34. The van der Waals surface area contributed by atoms with Gasteiger partial charge in [0.2, 0.25) is 0 Å². The van der Waals surface area contributed by atoms with Crippen molar-refractivity contribution >= 4 is 10.9 Å². The van der Waals surface area contributed by atoms with Crippen LogP contribution in [0.15, 0.2) is 24.3 Å². The largest absolute Gasteiger partial charge is 0.378 e. The smallest absolute Gasteiger partial charge is 0.0662 e. The Balaban J connectivity index is 1.97. The number of rotatable bonds is 1. The van der Waals surface area contributed by atoms with Crippen molar-refractivity contribution < 1.29 is 4.74 Å². The summed E-state index contributed by atoms with van der Waals surface area (Å²) < 4.78 is 5.48. The zero-order valence-electron chi connectivity index (χ0n) is 9.42. The van der Waals surface area contributed by atoms with E-state index in [1.165, 1.54) is 22.2 Å². The molecule has 1 aromatic heterocycles. The quantitative estimate of drug-likeness (QED) is 0.766. The van der Waals surface area contributed by atoms with Crippen LogP contribution >= 0.6 is 0 Å². The van der Waals surface area contributed by atoms with Crippen molar-refractivity contribution in [1.82, 2.24) is 10.3 Å². The molecular weight excluding hydrogens is 200 g/mol. The lowest BCUT2D eigenvalue weighted by Gasteiger charge is -2.24. The van der Waals surface area contributed by atoms with Crippen molar-refractivity contribution in [3.8, 4) is 0 Å². The van der Waals surface area contributed by atoms with E-state index >= 15 is 0 Å². The molecule has 1 unspecified atom stereocenters. The monoisotopic (exact) mass is 216 g/mol. The molecule has 2 N–H and O–H groups in total. The minimum absolute atomic E-state index is 0.341. The van der Waals surface area contributed by atoms with Gasteiger partial charge in [-0.2, -0.15) is 0 Å². The average molecular weight is 216 g/mol. The summed E-state index contributed by atoms with van der Waals surface area (Å²) in [5.41, 5.74) is 3.73. The molecule has 2 aromatic rings. The molecule has 1 fully saturated rings. The number of benzene rings is 1. The number of aromatic amines is 1. The maximum Gasteiger partial charge on any atom is 0.0662 e. The Kier molecular flexibility index (Phi) is 2.42. The van der Waals surface area contributed by atoms with E-state index in [4.69, 9.17) is 4.74 Å². The molecule has 1 aromatic carbocycles. The third kappa shape index (κ3) is 1.72. The van der Waals surface area contributed by atoms with E-state index in [1.54, 1.807) is 0 Å². The summed E-state index contributed by atoms with van der Waals surface area (Å²) in [5, 5.41) is 4.75. The first-order valence-corrected chi connectivity index (χ1v) is 5.73. The van der Waals surface area contributed by atoms with Gasteiger partial charge in [0.05, 0.1) is 19.3 Å². The Labute approximate surface area is 94.8 Å². The van der Waals surface area contributed by atoms with Crippen molar-refractivity contribution in [3.05, 3.63) is 35.5 Å². The molecule has 1 saturated heterocycles. The van der Waals surface area contributed by atoms with E-state index in [0.717, 1.165) is 19.8 Å². The number of fused-ring (bicyclic) bond motifs is 1. The number of aryl methyl sites for hydroxylation is 1. The molecular formula is C13H16N2O. The van der Waals surface area contributed by atoms with Crippen LogP contribution in [-0.2, 0) is 4.74 Å². The van der Waals surface area contributed by atoms with Crippen LogP contribution < -0.4 is 5.32 Å². The Morgan fingerprint density at radius 3 is 3.06 bits per heavy atom. The molecule has 0 bridgehead atoms. The van der Waals surface area contributed by atoms with Crippen molar-refractivity contribution in [1.29, 1.82) is 0 Å². The van der Waals surface area contributed by atoms with Crippen LogP contribution in [0.1, 0.15) is 17.3 Å². The van der Waals surface area contributed by atoms with Gasteiger partial charge in [-0.3, -0.25) is 0 Å². The average Bonchev–Trinajstić information content (AvgIpc) is 2.69. The molecule has 16 heavy (non-hydrogen) atoms. The first-order chi connectivity index (χ1) is 7.83. The minimum atomic E-state index is 0.341. The number of morpholine rings is 1. The van der Waals surface area contributed by atoms with Crippen molar-refractivity contribution in [3.63, 3.8) is 0 Å². The van der Waals surface area contributed by atoms with Gasteiger partial charge in [0.1, 0.15) is 0 Å². The van der Waals surface area contributed by atoms with Gasteiger partial charge in [-0.05, 0) is 36.1 Å². The molecule has 3 heteroatoms.